The number of ether oxygens (including phenoxy) is 2. The highest BCUT2D eigenvalue weighted by molar-refractivity contribution is 5.97. The molecule has 0 unspecified atom stereocenters. The van der Waals surface area contributed by atoms with Crippen molar-refractivity contribution in [1.82, 2.24) is 19.2 Å². The lowest BCUT2D eigenvalue weighted by atomic mass is 9.98. The van der Waals surface area contributed by atoms with Crippen LogP contribution in [0, 0.1) is 0 Å². The molecule has 0 radical (unpaired) electrons. The molecule has 140 valence electrons. The monoisotopic (exact) mass is 366 g/mol. The first-order valence-electron chi connectivity index (χ1n) is 8.80. The van der Waals surface area contributed by atoms with E-state index in [9.17, 15) is 4.79 Å². The van der Waals surface area contributed by atoms with Crippen molar-refractivity contribution in [2.24, 2.45) is 7.05 Å². The maximum atomic E-state index is 13.2. The lowest BCUT2D eigenvalue weighted by Gasteiger charge is -2.29. The van der Waals surface area contributed by atoms with E-state index in [1.165, 1.54) is 5.56 Å². The topological polar surface area (TPSA) is 61.5 Å². The van der Waals surface area contributed by atoms with E-state index in [4.69, 9.17) is 9.47 Å². The van der Waals surface area contributed by atoms with Gasteiger partial charge in [-0.15, -0.1) is 0 Å². The Labute approximate surface area is 157 Å². The van der Waals surface area contributed by atoms with E-state index in [0.717, 1.165) is 23.6 Å². The molecule has 1 aliphatic heterocycles. The minimum Gasteiger partial charge on any atom is -0.493 e. The van der Waals surface area contributed by atoms with Gasteiger partial charge in [0.25, 0.3) is 5.91 Å². The molecule has 2 aromatic heterocycles. The third kappa shape index (κ3) is 2.95. The summed E-state index contributed by atoms with van der Waals surface area (Å²) in [6.45, 7) is 1.19. The molecule has 0 saturated carbocycles. The number of hydrogen-bond acceptors (Lipinski definition) is 4. The van der Waals surface area contributed by atoms with Crippen molar-refractivity contribution >= 4 is 5.91 Å². The number of aryl methyl sites for hydroxylation is 1. The normalized spacial score (nSPS) is 13.4. The minimum absolute atomic E-state index is 0.0211. The van der Waals surface area contributed by atoms with Gasteiger partial charge in [-0.2, -0.15) is 5.10 Å². The molecule has 1 aromatic carbocycles. The summed E-state index contributed by atoms with van der Waals surface area (Å²) < 4.78 is 14.4. The van der Waals surface area contributed by atoms with Crippen LogP contribution in [0.5, 0.6) is 11.5 Å². The first-order valence-corrected chi connectivity index (χ1v) is 8.80. The predicted molar refractivity (Wildman–Crippen MR) is 101 cm³/mol. The summed E-state index contributed by atoms with van der Waals surface area (Å²) in [4.78, 5) is 15.1. The van der Waals surface area contributed by atoms with Crippen LogP contribution in [0.1, 0.15) is 21.5 Å². The molecule has 1 aliphatic rings. The zero-order chi connectivity index (χ0) is 19.0. The molecule has 0 bridgehead atoms. The van der Waals surface area contributed by atoms with Gasteiger partial charge in [0.05, 0.1) is 20.4 Å². The molecule has 27 heavy (non-hydrogen) atoms. The zero-order valence-corrected chi connectivity index (χ0v) is 15.7. The number of hydrogen-bond donors (Lipinski definition) is 0. The van der Waals surface area contributed by atoms with Crippen molar-refractivity contribution in [3.05, 3.63) is 59.5 Å². The van der Waals surface area contributed by atoms with Crippen molar-refractivity contribution in [2.75, 3.05) is 20.8 Å². The molecule has 0 aliphatic carbocycles. The number of carbonyl (C=O) groups excluding carboxylic acids is 1. The van der Waals surface area contributed by atoms with Crippen molar-refractivity contribution < 1.29 is 14.3 Å². The van der Waals surface area contributed by atoms with Crippen molar-refractivity contribution in [3.63, 3.8) is 0 Å². The first-order chi connectivity index (χ1) is 13.1. The lowest BCUT2D eigenvalue weighted by Crippen LogP contribution is -2.36. The highest BCUT2D eigenvalue weighted by Gasteiger charge is 2.27. The summed E-state index contributed by atoms with van der Waals surface area (Å²) in [5, 5.41) is 4.29. The van der Waals surface area contributed by atoms with Crippen LogP contribution in [-0.4, -0.2) is 45.9 Å². The fourth-order valence-corrected chi connectivity index (χ4v) is 3.59. The number of nitrogens with zero attached hydrogens (tertiary/aromatic N) is 4. The average molecular weight is 366 g/mol. The Morgan fingerprint density at radius 1 is 1.07 bits per heavy atom. The Hall–Kier alpha value is -3.22. The summed E-state index contributed by atoms with van der Waals surface area (Å²) in [5.41, 5.74) is 2.87. The van der Waals surface area contributed by atoms with Crippen LogP contribution in [0.25, 0.3) is 5.82 Å². The maximum Gasteiger partial charge on any atom is 0.259 e. The molecule has 7 nitrogen and oxygen atoms in total. The fourth-order valence-electron chi connectivity index (χ4n) is 3.59. The standard InChI is InChI=1S/C20H22N4O3/c1-22-19(23-7-4-5-8-23)16(12-21-22)20(25)24-9-6-14-10-17(26-2)18(27-3)11-15(14)13-24/h4-5,7-8,10-12H,6,9,13H2,1-3H3. The van der Waals surface area contributed by atoms with Crippen LogP contribution in [-0.2, 0) is 20.0 Å². The predicted octanol–water partition coefficient (Wildman–Crippen LogP) is 2.43. The van der Waals surface area contributed by atoms with Crippen LogP contribution in [0.15, 0.2) is 42.9 Å². The van der Waals surface area contributed by atoms with Crippen LogP contribution in [0.2, 0.25) is 0 Å². The quantitative estimate of drug-likeness (QED) is 0.712. The van der Waals surface area contributed by atoms with Crippen LogP contribution < -0.4 is 9.47 Å². The van der Waals surface area contributed by atoms with Gasteiger partial charge in [0, 0.05) is 32.5 Å². The molecule has 0 N–H and O–H groups in total. The van der Waals surface area contributed by atoms with Gasteiger partial charge in [-0.25, -0.2) is 0 Å². The second-order valence-corrected chi connectivity index (χ2v) is 6.55. The number of amides is 1. The maximum absolute atomic E-state index is 13.2. The number of aromatic nitrogens is 3. The Morgan fingerprint density at radius 3 is 2.41 bits per heavy atom. The molecule has 4 rings (SSSR count). The molecule has 1 amide bonds. The summed E-state index contributed by atoms with van der Waals surface area (Å²) >= 11 is 0. The second-order valence-electron chi connectivity index (χ2n) is 6.55. The van der Waals surface area contributed by atoms with Gasteiger partial charge in [-0.1, -0.05) is 0 Å². The largest absolute Gasteiger partial charge is 0.493 e. The van der Waals surface area contributed by atoms with Crippen molar-refractivity contribution in [1.29, 1.82) is 0 Å². The molecule has 7 heteroatoms. The van der Waals surface area contributed by atoms with E-state index in [1.807, 2.05) is 53.2 Å². The molecule has 0 atom stereocenters. The number of rotatable bonds is 4. The van der Waals surface area contributed by atoms with E-state index >= 15 is 0 Å². The highest BCUT2D eigenvalue weighted by atomic mass is 16.5. The number of carbonyl (C=O) groups is 1. The van der Waals surface area contributed by atoms with Gasteiger partial charge in [0.15, 0.2) is 11.5 Å². The number of methoxy groups -OCH3 is 2. The molecular formula is C20H22N4O3. The van der Waals surface area contributed by atoms with Gasteiger partial charge < -0.3 is 18.9 Å². The molecule has 3 aromatic rings. The third-order valence-electron chi connectivity index (χ3n) is 4.99. The molecule has 3 heterocycles. The molecule has 0 spiro atoms. The molecular weight excluding hydrogens is 344 g/mol. The van der Waals surface area contributed by atoms with E-state index in [1.54, 1.807) is 25.1 Å². The van der Waals surface area contributed by atoms with Gasteiger partial charge in [0.2, 0.25) is 0 Å². The number of benzene rings is 1. The summed E-state index contributed by atoms with van der Waals surface area (Å²) in [6.07, 6.45) is 6.25. The van der Waals surface area contributed by atoms with Gasteiger partial charge in [0.1, 0.15) is 11.4 Å². The zero-order valence-electron chi connectivity index (χ0n) is 15.7. The smallest absolute Gasteiger partial charge is 0.259 e. The summed E-state index contributed by atoms with van der Waals surface area (Å²) in [6, 6.07) is 7.82. The van der Waals surface area contributed by atoms with Gasteiger partial charge in [-0.05, 0) is 41.8 Å². The van der Waals surface area contributed by atoms with E-state index in [0.29, 0.717) is 24.4 Å². The van der Waals surface area contributed by atoms with E-state index in [-0.39, 0.29) is 5.91 Å². The Morgan fingerprint density at radius 2 is 1.74 bits per heavy atom. The summed E-state index contributed by atoms with van der Waals surface area (Å²) in [5.74, 6) is 2.15. The van der Waals surface area contributed by atoms with E-state index in [2.05, 4.69) is 5.10 Å². The summed E-state index contributed by atoms with van der Waals surface area (Å²) in [7, 11) is 5.10. The SMILES string of the molecule is COc1cc2c(cc1OC)CN(C(=O)c1cnn(C)c1-n1cccc1)CC2. The Kier molecular flexibility index (Phi) is 4.35. The van der Waals surface area contributed by atoms with Crippen molar-refractivity contribution in [3.8, 4) is 17.3 Å². The second kappa shape index (κ2) is 6.83. The lowest BCUT2D eigenvalue weighted by molar-refractivity contribution is 0.0734. The number of fused-ring (bicyclic) bond motifs is 1. The average Bonchev–Trinajstić information content (AvgIpc) is 3.35. The van der Waals surface area contributed by atoms with Crippen LogP contribution in [0.3, 0.4) is 0 Å². The Bertz CT molecular complexity index is 976. The molecule has 0 saturated heterocycles. The highest BCUT2D eigenvalue weighted by Crippen LogP contribution is 2.33. The van der Waals surface area contributed by atoms with Crippen LogP contribution >= 0.6 is 0 Å². The molecule has 0 fully saturated rings. The van der Waals surface area contributed by atoms with Gasteiger partial charge >= 0.3 is 0 Å². The third-order valence-corrected chi connectivity index (χ3v) is 4.99. The van der Waals surface area contributed by atoms with Crippen LogP contribution in [0.4, 0.5) is 0 Å². The fraction of sp³-hybridized carbons (Fsp3) is 0.300. The minimum atomic E-state index is -0.0211. The van der Waals surface area contributed by atoms with Gasteiger partial charge in [-0.3, -0.25) is 9.48 Å². The van der Waals surface area contributed by atoms with Crippen molar-refractivity contribution in [2.45, 2.75) is 13.0 Å². The van der Waals surface area contributed by atoms with E-state index < -0.39 is 0 Å². The Balaban J connectivity index is 1.64. The first kappa shape index (κ1) is 17.2.